The monoisotopic (exact) mass is 188 g/mol. The summed E-state index contributed by atoms with van der Waals surface area (Å²) in [6, 6.07) is 9.72. The van der Waals surface area contributed by atoms with Crippen LogP contribution in [0, 0.1) is 11.8 Å². The van der Waals surface area contributed by atoms with Crippen LogP contribution in [0.15, 0.2) is 30.3 Å². The molecule has 2 nitrogen and oxygen atoms in total. The molecule has 0 amide bonds. The molecule has 0 aliphatic rings. The Balaban J connectivity index is 2.28. The maximum atomic E-state index is 10.9. The number of carbonyl (C=O) groups excluding carboxylic acids is 1. The van der Waals surface area contributed by atoms with E-state index in [2.05, 4.69) is 11.8 Å². The molecule has 0 aliphatic heterocycles. The molecule has 0 aromatic heterocycles. The first-order valence-electron chi connectivity index (χ1n) is 4.40. The number of carbonyl (C=O) groups is 1. The molecule has 0 N–H and O–H groups in total. The van der Waals surface area contributed by atoms with Crippen LogP contribution in [0.4, 0.5) is 0 Å². The van der Waals surface area contributed by atoms with Crippen LogP contribution in [0.25, 0.3) is 0 Å². The zero-order valence-electron chi connectivity index (χ0n) is 8.12. The highest BCUT2D eigenvalue weighted by Crippen LogP contribution is 1.99. The van der Waals surface area contributed by atoms with Crippen LogP contribution < -0.4 is 0 Å². The third-order valence-corrected chi connectivity index (χ3v) is 1.61. The van der Waals surface area contributed by atoms with Crippen molar-refractivity contribution in [1.29, 1.82) is 0 Å². The number of hydrogen-bond donors (Lipinski definition) is 0. The van der Waals surface area contributed by atoms with Gasteiger partial charge in [0.15, 0.2) is 0 Å². The van der Waals surface area contributed by atoms with Gasteiger partial charge in [0, 0.05) is 0 Å². The Morgan fingerprint density at radius 1 is 1.36 bits per heavy atom. The molecular formula is C12H12O2. The fraction of sp³-hybridized carbons (Fsp3) is 0.250. The molecule has 0 spiro atoms. The van der Waals surface area contributed by atoms with Gasteiger partial charge in [-0.05, 0) is 18.4 Å². The van der Waals surface area contributed by atoms with Crippen LogP contribution >= 0.6 is 0 Å². The van der Waals surface area contributed by atoms with Gasteiger partial charge < -0.3 is 4.74 Å². The van der Waals surface area contributed by atoms with Crippen molar-refractivity contribution >= 4 is 5.78 Å². The molecular weight excluding hydrogens is 176 g/mol. The van der Waals surface area contributed by atoms with E-state index in [9.17, 15) is 4.79 Å². The molecule has 1 rings (SSSR count). The standard InChI is InChI=1S/C12H12O2/c1-2-6-12(13)10-14-9-11-7-4-3-5-8-11/h3-5,7-8H,9-10H2,1H3. The van der Waals surface area contributed by atoms with Gasteiger partial charge >= 0.3 is 0 Å². The smallest absolute Gasteiger partial charge is 0.231 e. The van der Waals surface area contributed by atoms with Crippen LogP contribution in [0.1, 0.15) is 12.5 Å². The summed E-state index contributed by atoms with van der Waals surface area (Å²) in [6.45, 7) is 2.16. The SMILES string of the molecule is CC#CC(=O)COCc1ccccc1. The Bertz CT molecular complexity index is 344. The first kappa shape index (κ1) is 10.5. The minimum atomic E-state index is -0.177. The van der Waals surface area contributed by atoms with E-state index in [1.165, 1.54) is 0 Å². The first-order chi connectivity index (χ1) is 6.83. The van der Waals surface area contributed by atoms with E-state index in [4.69, 9.17) is 4.74 Å². The lowest BCUT2D eigenvalue weighted by Gasteiger charge is -2.00. The molecule has 0 saturated heterocycles. The fourth-order valence-electron chi connectivity index (χ4n) is 1.01. The maximum absolute atomic E-state index is 10.9. The van der Waals surface area contributed by atoms with Gasteiger partial charge in [-0.15, -0.1) is 0 Å². The van der Waals surface area contributed by atoms with Crippen LogP contribution in [-0.2, 0) is 16.1 Å². The molecule has 0 saturated carbocycles. The molecule has 2 heteroatoms. The van der Waals surface area contributed by atoms with Gasteiger partial charge in [0.05, 0.1) is 6.61 Å². The lowest BCUT2D eigenvalue weighted by Crippen LogP contribution is -2.05. The van der Waals surface area contributed by atoms with Gasteiger partial charge in [-0.3, -0.25) is 4.79 Å². The van der Waals surface area contributed by atoms with Crippen molar-refractivity contribution in [3.63, 3.8) is 0 Å². The maximum Gasteiger partial charge on any atom is 0.231 e. The molecule has 0 aliphatic carbocycles. The van der Waals surface area contributed by atoms with Gasteiger partial charge in [-0.2, -0.15) is 0 Å². The van der Waals surface area contributed by atoms with E-state index in [-0.39, 0.29) is 12.4 Å². The van der Waals surface area contributed by atoms with E-state index >= 15 is 0 Å². The van der Waals surface area contributed by atoms with Crippen molar-refractivity contribution in [2.45, 2.75) is 13.5 Å². The third kappa shape index (κ3) is 3.88. The molecule has 14 heavy (non-hydrogen) atoms. The van der Waals surface area contributed by atoms with E-state index in [1.54, 1.807) is 6.92 Å². The highest BCUT2D eigenvalue weighted by molar-refractivity contribution is 5.96. The second kappa shape index (κ2) is 5.95. The van der Waals surface area contributed by atoms with Crippen molar-refractivity contribution in [3.8, 4) is 11.8 Å². The minimum Gasteiger partial charge on any atom is -0.368 e. The molecule has 1 aromatic carbocycles. The summed E-state index contributed by atoms with van der Waals surface area (Å²) in [7, 11) is 0. The normalized spacial score (nSPS) is 8.93. The number of ketones is 1. The number of Topliss-reactive ketones (excluding diaryl/α,β-unsaturated/α-hetero) is 1. The second-order valence-corrected chi connectivity index (χ2v) is 2.78. The number of hydrogen-bond acceptors (Lipinski definition) is 2. The van der Waals surface area contributed by atoms with Crippen LogP contribution in [-0.4, -0.2) is 12.4 Å². The Labute approximate surface area is 83.9 Å². The minimum absolute atomic E-state index is 0.0652. The van der Waals surface area contributed by atoms with Crippen molar-refractivity contribution in [1.82, 2.24) is 0 Å². The summed E-state index contributed by atoms with van der Waals surface area (Å²) in [5, 5.41) is 0. The van der Waals surface area contributed by atoms with Crippen LogP contribution in [0.2, 0.25) is 0 Å². The average Bonchev–Trinajstić information content (AvgIpc) is 2.20. The fourth-order valence-corrected chi connectivity index (χ4v) is 1.01. The summed E-state index contributed by atoms with van der Waals surface area (Å²) in [4.78, 5) is 10.9. The number of rotatable bonds is 4. The van der Waals surface area contributed by atoms with Gasteiger partial charge in [0.1, 0.15) is 6.61 Å². The first-order valence-corrected chi connectivity index (χ1v) is 4.40. The van der Waals surface area contributed by atoms with Crippen molar-refractivity contribution in [3.05, 3.63) is 35.9 Å². The number of ether oxygens (including phenoxy) is 1. The van der Waals surface area contributed by atoms with E-state index in [0.717, 1.165) is 5.56 Å². The van der Waals surface area contributed by atoms with Gasteiger partial charge in [-0.25, -0.2) is 0 Å². The topological polar surface area (TPSA) is 26.3 Å². The van der Waals surface area contributed by atoms with Gasteiger partial charge in [-0.1, -0.05) is 36.3 Å². The van der Waals surface area contributed by atoms with E-state index in [1.807, 2.05) is 30.3 Å². The molecule has 0 atom stereocenters. The van der Waals surface area contributed by atoms with E-state index in [0.29, 0.717) is 6.61 Å². The molecule has 0 fully saturated rings. The Morgan fingerprint density at radius 3 is 2.71 bits per heavy atom. The largest absolute Gasteiger partial charge is 0.368 e. The zero-order valence-corrected chi connectivity index (χ0v) is 8.12. The third-order valence-electron chi connectivity index (χ3n) is 1.61. The zero-order chi connectivity index (χ0) is 10.2. The lowest BCUT2D eigenvalue weighted by atomic mass is 10.2. The second-order valence-electron chi connectivity index (χ2n) is 2.78. The predicted octanol–water partition coefficient (Wildman–Crippen LogP) is 1.80. The Kier molecular flexibility index (Phi) is 4.46. The van der Waals surface area contributed by atoms with Crippen molar-refractivity contribution < 1.29 is 9.53 Å². The molecule has 0 unspecified atom stereocenters. The predicted molar refractivity (Wildman–Crippen MR) is 54.6 cm³/mol. The molecule has 72 valence electrons. The summed E-state index contributed by atoms with van der Waals surface area (Å²) < 4.78 is 5.18. The van der Waals surface area contributed by atoms with E-state index < -0.39 is 0 Å². The summed E-state index contributed by atoms with van der Waals surface area (Å²) in [5.41, 5.74) is 1.06. The van der Waals surface area contributed by atoms with Crippen molar-refractivity contribution in [2.24, 2.45) is 0 Å². The van der Waals surface area contributed by atoms with Crippen LogP contribution in [0.5, 0.6) is 0 Å². The van der Waals surface area contributed by atoms with Crippen molar-refractivity contribution in [2.75, 3.05) is 6.61 Å². The average molecular weight is 188 g/mol. The highest BCUT2D eigenvalue weighted by Gasteiger charge is 1.96. The molecule has 1 aromatic rings. The highest BCUT2D eigenvalue weighted by atomic mass is 16.5. The van der Waals surface area contributed by atoms with Gasteiger partial charge in [0.25, 0.3) is 0 Å². The summed E-state index contributed by atoms with van der Waals surface area (Å²) in [5.74, 6) is 4.78. The summed E-state index contributed by atoms with van der Waals surface area (Å²) in [6.07, 6.45) is 0. The quantitative estimate of drug-likeness (QED) is 0.532. The van der Waals surface area contributed by atoms with Crippen LogP contribution in [0.3, 0.4) is 0 Å². The molecule has 0 heterocycles. The molecule has 0 radical (unpaired) electrons. The molecule has 0 bridgehead atoms. The Morgan fingerprint density at radius 2 is 2.07 bits per heavy atom. The number of benzene rings is 1. The van der Waals surface area contributed by atoms with Gasteiger partial charge in [0.2, 0.25) is 5.78 Å². The lowest BCUT2D eigenvalue weighted by molar-refractivity contribution is -0.118. The summed E-state index contributed by atoms with van der Waals surface area (Å²) >= 11 is 0. The Hall–Kier alpha value is -1.59.